The molecule has 0 aliphatic carbocycles. The van der Waals surface area contributed by atoms with Gasteiger partial charge in [0.25, 0.3) is 12.4 Å². The molecule has 0 saturated carbocycles. The molecule has 2 aromatic carbocycles. The van der Waals surface area contributed by atoms with Crippen molar-refractivity contribution in [2.45, 2.75) is 26.4 Å². The molecule has 0 atom stereocenters. The van der Waals surface area contributed by atoms with Crippen LogP contribution in [0.15, 0.2) is 59.1 Å². The van der Waals surface area contributed by atoms with Gasteiger partial charge in [0.15, 0.2) is 6.61 Å². The van der Waals surface area contributed by atoms with Gasteiger partial charge >= 0.3 is 0 Å². The van der Waals surface area contributed by atoms with E-state index in [0.717, 1.165) is 5.56 Å². The fourth-order valence-corrected chi connectivity index (χ4v) is 2.63. The van der Waals surface area contributed by atoms with Gasteiger partial charge < -0.3 is 18.9 Å². The van der Waals surface area contributed by atoms with Crippen LogP contribution in [0.2, 0.25) is 0 Å². The van der Waals surface area contributed by atoms with Crippen LogP contribution < -0.4 is 9.47 Å². The van der Waals surface area contributed by atoms with E-state index in [4.69, 9.17) is 14.0 Å². The lowest BCUT2D eigenvalue weighted by Gasteiger charge is -2.25. The van der Waals surface area contributed by atoms with Crippen LogP contribution in [0.4, 0.5) is 0 Å². The third-order valence-corrected chi connectivity index (χ3v) is 4.12. The Kier molecular flexibility index (Phi) is 6.57. The summed E-state index contributed by atoms with van der Waals surface area (Å²) < 4.78 is 15.6. The second-order valence-electron chi connectivity index (χ2n) is 6.47. The number of hydrogen-bond donors (Lipinski definition) is 0. The zero-order valence-corrected chi connectivity index (χ0v) is 16.1. The van der Waals surface area contributed by atoms with Crippen molar-refractivity contribution in [2.24, 2.45) is 0 Å². The smallest absolute Gasteiger partial charge is 0.298 e. The Bertz CT molecular complexity index is 938. The molecule has 29 heavy (non-hydrogen) atoms. The average Bonchev–Trinajstić information content (AvgIpc) is 3.21. The molecule has 1 aromatic heterocycles. The Morgan fingerprint density at radius 2 is 1.79 bits per heavy atom. The van der Waals surface area contributed by atoms with Crippen LogP contribution in [0, 0.1) is 0 Å². The van der Waals surface area contributed by atoms with Crippen LogP contribution in [-0.4, -0.2) is 40.1 Å². The predicted octanol–water partition coefficient (Wildman–Crippen LogP) is 3.09. The van der Waals surface area contributed by atoms with E-state index in [1.54, 1.807) is 29.2 Å². The highest BCUT2D eigenvalue weighted by Gasteiger charge is 2.21. The van der Waals surface area contributed by atoms with Gasteiger partial charge in [0.05, 0.1) is 0 Å². The number of hydrogen-bond acceptors (Lipinski definition) is 7. The molecule has 1 amide bonds. The summed E-state index contributed by atoms with van der Waals surface area (Å²) in [7, 11) is 0. The van der Waals surface area contributed by atoms with Crippen molar-refractivity contribution in [3.05, 3.63) is 60.5 Å². The highest BCUT2D eigenvalue weighted by atomic mass is 16.5. The molecule has 0 saturated heterocycles. The number of amides is 1. The SMILES string of the molecule is CC(C)N(Cc1nc(-c2ccccc2)no1)C(=O)COc1ccc(OC=O)cc1. The average molecular weight is 395 g/mol. The normalized spacial score (nSPS) is 10.6. The summed E-state index contributed by atoms with van der Waals surface area (Å²) in [6, 6.07) is 15.8. The summed E-state index contributed by atoms with van der Waals surface area (Å²) in [6.45, 7) is 4.19. The maximum Gasteiger partial charge on any atom is 0.298 e. The van der Waals surface area contributed by atoms with Crippen LogP contribution in [-0.2, 0) is 16.1 Å². The molecule has 0 N–H and O–H groups in total. The maximum atomic E-state index is 12.6. The van der Waals surface area contributed by atoms with E-state index in [9.17, 15) is 9.59 Å². The van der Waals surface area contributed by atoms with Crippen LogP contribution >= 0.6 is 0 Å². The summed E-state index contributed by atoms with van der Waals surface area (Å²) in [6.07, 6.45) is 0. The third-order valence-electron chi connectivity index (χ3n) is 4.12. The van der Waals surface area contributed by atoms with Gasteiger partial charge in [0, 0.05) is 11.6 Å². The first-order valence-corrected chi connectivity index (χ1v) is 9.07. The Morgan fingerprint density at radius 3 is 2.45 bits per heavy atom. The molecule has 3 aromatic rings. The van der Waals surface area contributed by atoms with Crippen LogP contribution in [0.3, 0.4) is 0 Å². The molecule has 0 aliphatic heterocycles. The van der Waals surface area contributed by atoms with E-state index in [-0.39, 0.29) is 25.1 Å². The molecular formula is C21H21N3O5. The molecular weight excluding hydrogens is 374 g/mol. The van der Waals surface area contributed by atoms with E-state index in [2.05, 4.69) is 10.1 Å². The summed E-state index contributed by atoms with van der Waals surface area (Å²) in [5.41, 5.74) is 0.843. The van der Waals surface area contributed by atoms with Gasteiger partial charge in [0.2, 0.25) is 11.7 Å². The first-order chi connectivity index (χ1) is 14.1. The largest absolute Gasteiger partial charge is 0.484 e. The van der Waals surface area contributed by atoms with Crippen molar-refractivity contribution >= 4 is 12.4 Å². The fourth-order valence-electron chi connectivity index (χ4n) is 2.63. The predicted molar refractivity (Wildman–Crippen MR) is 104 cm³/mol. The van der Waals surface area contributed by atoms with Crippen molar-refractivity contribution in [3.63, 3.8) is 0 Å². The Labute approximate surface area is 168 Å². The van der Waals surface area contributed by atoms with Gasteiger partial charge in [-0.15, -0.1) is 0 Å². The Balaban J connectivity index is 1.61. The van der Waals surface area contributed by atoms with Crippen molar-refractivity contribution in [1.82, 2.24) is 15.0 Å². The van der Waals surface area contributed by atoms with Crippen molar-refractivity contribution in [1.29, 1.82) is 0 Å². The summed E-state index contributed by atoms with van der Waals surface area (Å²) in [5.74, 6) is 1.50. The number of ether oxygens (including phenoxy) is 2. The third kappa shape index (κ3) is 5.41. The lowest BCUT2D eigenvalue weighted by molar-refractivity contribution is -0.136. The zero-order chi connectivity index (χ0) is 20.6. The second kappa shape index (κ2) is 9.50. The molecule has 8 heteroatoms. The standard InChI is InChI=1S/C21H21N3O5/c1-15(2)24(12-19-22-21(23-29-19)16-6-4-3-5-7-16)20(26)13-27-17-8-10-18(11-9-17)28-14-25/h3-11,14-15H,12-13H2,1-2H3. The molecule has 3 rings (SSSR count). The van der Waals surface area contributed by atoms with Gasteiger partial charge in [-0.25, -0.2) is 0 Å². The number of carbonyl (C=O) groups excluding carboxylic acids is 2. The van der Waals surface area contributed by atoms with E-state index in [0.29, 0.717) is 29.7 Å². The minimum atomic E-state index is -0.215. The molecule has 0 radical (unpaired) electrons. The van der Waals surface area contributed by atoms with E-state index in [1.807, 2.05) is 44.2 Å². The first-order valence-electron chi connectivity index (χ1n) is 9.07. The number of nitrogens with zero attached hydrogens (tertiary/aromatic N) is 3. The van der Waals surface area contributed by atoms with Crippen LogP contribution in [0.5, 0.6) is 11.5 Å². The Morgan fingerprint density at radius 1 is 1.10 bits per heavy atom. The van der Waals surface area contributed by atoms with E-state index < -0.39 is 0 Å². The molecule has 0 aliphatic rings. The highest BCUT2D eigenvalue weighted by Crippen LogP contribution is 2.18. The van der Waals surface area contributed by atoms with E-state index >= 15 is 0 Å². The molecule has 0 fully saturated rings. The molecule has 0 unspecified atom stereocenters. The van der Waals surface area contributed by atoms with Crippen LogP contribution in [0.1, 0.15) is 19.7 Å². The minimum Gasteiger partial charge on any atom is -0.484 e. The number of benzene rings is 2. The fraction of sp³-hybridized carbons (Fsp3) is 0.238. The number of aromatic nitrogens is 2. The summed E-state index contributed by atoms with van der Waals surface area (Å²) >= 11 is 0. The van der Waals surface area contributed by atoms with Crippen molar-refractivity contribution in [3.8, 4) is 22.9 Å². The van der Waals surface area contributed by atoms with Gasteiger partial charge in [-0.05, 0) is 38.1 Å². The van der Waals surface area contributed by atoms with Gasteiger partial charge in [-0.2, -0.15) is 4.98 Å². The molecule has 8 nitrogen and oxygen atoms in total. The number of rotatable bonds is 9. The number of carbonyl (C=O) groups is 2. The van der Waals surface area contributed by atoms with Crippen LogP contribution in [0.25, 0.3) is 11.4 Å². The Hall–Kier alpha value is -3.68. The monoisotopic (exact) mass is 395 g/mol. The maximum absolute atomic E-state index is 12.6. The first kappa shape index (κ1) is 20.1. The summed E-state index contributed by atoms with van der Waals surface area (Å²) in [4.78, 5) is 29.0. The highest BCUT2D eigenvalue weighted by molar-refractivity contribution is 5.78. The zero-order valence-electron chi connectivity index (χ0n) is 16.1. The quantitative estimate of drug-likeness (QED) is 0.514. The lowest BCUT2D eigenvalue weighted by Crippen LogP contribution is -2.39. The van der Waals surface area contributed by atoms with Crippen molar-refractivity contribution < 1.29 is 23.6 Å². The van der Waals surface area contributed by atoms with Gasteiger partial charge in [0.1, 0.15) is 18.0 Å². The van der Waals surface area contributed by atoms with Crippen molar-refractivity contribution in [2.75, 3.05) is 6.61 Å². The molecule has 0 spiro atoms. The second-order valence-corrected chi connectivity index (χ2v) is 6.47. The van der Waals surface area contributed by atoms with E-state index in [1.165, 1.54) is 0 Å². The summed E-state index contributed by atoms with van der Waals surface area (Å²) in [5, 5.41) is 3.98. The molecule has 0 bridgehead atoms. The molecule has 1 heterocycles. The van der Waals surface area contributed by atoms with Gasteiger partial charge in [-0.1, -0.05) is 35.5 Å². The minimum absolute atomic E-state index is 0.0819. The van der Waals surface area contributed by atoms with Gasteiger partial charge in [-0.3, -0.25) is 9.59 Å². The lowest BCUT2D eigenvalue weighted by atomic mass is 10.2. The molecule has 150 valence electrons. The topological polar surface area (TPSA) is 94.8 Å².